The summed E-state index contributed by atoms with van der Waals surface area (Å²) in [7, 11) is -3.18. The molecular formula is C27H36N4O4S. The van der Waals surface area contributed by atoms with Crippen molar-refractivity contribution in [3.8, 4) is 11.1 Å². The van der Waals surface area contributed by atoms with E-state index in [1.54, 1.807) is 17.5 Å². The number of hydrogen-bond acceptors (Lipinski definition) is 5. The SMILES string of the molecule is CCS(=O)(=O)N1CCC(c2c[nH]c3c(C(N)=O)cc(-c4coc(CNCC5CCCC5)c4)cc23)CC1. The number of piperidine rings is 1. The van der Waals surface area contributed by atoms with Gasteiger partial charge in [0.2, 0.25) is 10.0 Å². The number of primary amides is 1. The van der Waals surface area contributed by atoms with Crippen molar-refractivity contribution < 1.29 is 17.6 Å². The van der Waals surface area contributed by atoms with Crippen LogP contribution in [0.2, 0.25) is 0 Å². The summed E-state index contributed by atoms with van der Waals surface area (Å²) in [5.74, 6) is 1.47. The lowest BCUT2D eigenvalue weighted by Gasteiger charge is -2.31. The summed E-state index contributed by atoms with van der Waals surface area (Å²) >= 11 is 0. The molecule has 1 saturated heterocycles. The average molecular weight is 513 g/mol. The van der Waals surface area contributed by atoms with Gasteiger partial charge in [0.25, 0.3) is 5.91 Å². The molecule has 1 aromatic carbocycles. The molecule has 3 aromatic rings. The third kappa shape index (κ3) is 5.10. The smallest absolute Gasteiger partial charge is 0.250 e. The highest BCUT2D eigenvalue weighted by molar-refractivity contribution is 7.89. The number of nitrogens with two attached hydrogens (primary N) is 1. The van der Waals surface area contributed by atoms with Crippen LogP contribution in [0.1, 0.15) is 73.0 Å². The monoisotopic (exact) mass is 512 g/mol. The summed E-state index contributed by atoms with van der Waals surface area (Å²) in [6.45, 7) is 4.39. The van der Waals surface area contributed by atoms with Gasteiger partial charge in [-0.25, -0.2) is 12.7 Å². The Balaban J connectivity index is 1.37. The summed E-state index contributed by atoms with van der Waals surface area (Å²) in [6.07, 6.45) is 10.4. The van der Waals surface area contributed by atoms with Crippen molar-refractivity contribution in [1.82, 2.24) is 14.6 Å². The number of rotatable bonds is 9. The van der Waals surface area contributed by atoms with Crippen LogP contribution in [0.15, 0.2) is 35.1 Å². The molecule has 0 radical (unpaired) electrons. The molecule has 3 heterocycles. The molecule has 2 fully saturated rings. The Labute approximate surface area is 212 Å². The quantitative estimate of drug-likeness (QED) is 0.394. The van der Waals surface area contributed by atoms with E-state index in [1.807, 2.05) is 18.3 Å². The van der Waals surface area contributed by atoms with Gasteiger partial charge in [-0.1, -0.05) is 12.8 Å². The highest BCUT2D eigenvalue weighted by atomic mass is 32.2. The van der Waals surface area contributed by atoms with Crippen LogP contribution in [0.5, 0.6) is 0 Å². The van der Waals surface area contributed by atoms with Gasteiger partial charge >= 0.3 is 0 Å². The van der Waals surface area contributed by atoms with Crippen molar-refractivity contribution in [1.29, 1.82) is 0 Å². The molecule has 1 aliphatic heterocycles. The van der Waals surface area contributed by atoms with Crippen LogP contribution < -0.4 is 11.1 Å². The van der Waals surface area contributed by atoms with E-state index in [4.69, 9.17) is 10.2 Å². The normalized spacial score (nSPS) is 18.4. The standard InChI is InChI=1S/C27H36N4O4S/c1-2-36(33,34)31-9-7-19(8-10-31)25-16-30-26-23(25)12-20(13-24(26)27(28)32)21-11-22(35-17-21)15-29-14-18-5-3-4-6-18/h11-13,16-19,29-30H,2-10,14-15H2,1H3,(H2,28,32). The number of aromatic amines is 1. The number of nitrogens with zero attached hydrogens (tertiary/aromatic N) is 1. The molecule has 1 saturated carbocycles. The van der Waals surface area contributed by atoms with E-state index in [2.05, 4.69) is 16.4 Å². The van der Waals surface area contributed by atoms with Crippen LogP contribution in [0.3, 0.4) is 0 Å². The van der Waals surface area contributed by atoms with Gasteiger partial charge in [0.1, 0.15) is 5.76 Å². The lowest BCUT2D eigenvalue weighted by Crippen LogP contribution is -2.38. The third-order valence-corrected chi connectivity index (χ3v) is 9.81. The maximum absolute atomic E-state index is 12.3. The zero-order valence-corrected chi connectivity index (χ0v) is 21.7. The topological polar surface area (TPSA) is 121 Å². The van der Waals surface area contributed by atoms with E-state index in [0.717, 1.165) is 58.7 Å². The largest absolute Gasteiger partial charge is 0.467 e. The Morgan fingerprint density at radius 3 is 2.58 bits per heavy atom. The number of aromatic nitrogens is 1. The number of fused-ring (bicyclic) bond motifs is 1. The molecule has 0 atom stereocenters. The zero-order chi connectivity index (χ0) is 25.3. The van der Waals surface area contributed by atoms with Crippen molar-refractivity contribution in [3.05, 3.63) is 47.5 Å². The fraction of sp³-hybridized carbons (Fsp3) is 0.519. The van der Waals surface area contributed by atoms with Crippen LogP contribution in [0.4, 0.5) is 0 Å². The Morgan fingerprint density at radius 2 is 1.89 bits per heavy atom. The molecule has 4 N–H and O–H groups in total. The Bertz CT molecular complexity index is 1330. The number of hydrogen-bond donors (Lipinski definition) is 3. The summed E-state index contributed by atoms with van der Waals surface area (Å²) < 4.78 is 32.0. The Morgan fingerprint density at radius 1 is 1.14 bits per heavy atom. The first-order chi connectivity index (χ1) is 17.4. The molecule has 1 aliphatic carbocycles. The van der Waals surface area contributed by atoms with Gasteiger partial charge in [-0.05, 0) is 80.3 Å². The van der Waals surface area contributed by atoms with Crippen molar-refractivity contribution in [2.24, 2.45) is 11.7 Å². The van der Waals surface area contributed by atoms with E-state index < -0.39 is 15.9 Å². The van der Waals surface area contributed by atoms with Crippen LogP contribution in [0, 0.1) is 5.92 Å². The first kappa shape index (κ1) is 25.0. The Kier molecular flexibility index (Phi) is 7.23. The average Bonchev–Trinajstić information content (AvgIpc) is 3.64. The number of nitrogens with one attached hydrogen (secondary N) is 2. The third-order valence-electron chi connectivity index (χ3n) is 7.93. The summed E-state index contributed by atoms with van der Waals surface area (Å²) in [4.78, 5) is 15.6. The minimum atomic E-state index is -3.18. The molecule has 2 aliphatic rings. The molecule has 0 unspecified atom stereocenters. The number of benzene rings is 1. The molecule has 0 spiro atoms. The first-order valence-corrected chi connectivity index (χ1v) is 14.7. The number of carbonyl (C=O) groups is 1. The van der Waals surface area contributed by atoms with Crippen molar-refractivity contribution in [2.75, 3.05) is 25.4 Å². The second kappa shape index (κ2) is 10.4. The number of furan rings is 1. The highest BCUT2D eigenvalue weighted by Crippen LogP contribution is 2.37. The van der Waals surface area contributed by atoms with E-state index in [9.17, 15) is 13.2 Å². The van der Waals surface area contributed by atoms with Crippen LogP contribution in [0.25, 0.3) is 22.0 Å². The molecule has 1 amide bonds. The van der Waals surface area contributed by atoms with E-state index >= 15 is 0 Å². The number of H-pyrrole nitrogens is 1. The lowest BCUT2D eigenvalue weighted by molar-refractivity contribution is 0.100. The van der Waals surface area contributed by atoms with Crippen LogP contribution in [-0.2, 0) is 16.6 Å². The molecule has 9 heteroatoms. The summed E-state index contributed by atoms with van der Waals surface area (Å²) in [6, 6.07) is 5.93. The highest BCUT2D eigenvalue weighted by Gasteiger charge is 2.29. The predicted octanol–water partition coefficient (Wildman–Crippen LogP) is 4.34. The minimum absolute atomic E-state index is 0.124. The maximum Gasteiger partial charge on any atom is 0.250 e. The van der Waals surface area contributed by atoms with Crippen molar-refractivity contribution in [3.63, 3.8) is 0 Å². The second-order valence-electron chi connectivity index (χ2n) is 10.2. The predicted molar refractivity (Wildman–Crippen MR) is 141 cm³/mol. The van der Waals surface area contributed by atoms with E-state index in [1.165, 1.54) is 25.7 Å². The van der Waals surface area contributed by atoms with Gasteiger partial charge in [0.05, 0.1) is 29.6 Å². The Hall–Kier alpha value is -2.62. The second-order valence-corrected chi connectivity index (χ2v) is 12.5. The van der Waals surface area contributed by atoms with Crippen molar-refractivity contribution >= 4 is 26.8 Å². The molecule has 36 heavy (non-hydrogen) atoms. The lowest BCUT2D eigenvalue weighted by atomic mass is 9.88. The number of amides is 1. The van der Waals surface area contributed by atoms with Gasteiger partial charge < -0.3 is 20.5 Å². The molecule has 5 rings (SSSR count). The van der Waals surface area contributed by atoms with Gasteiger partial charge in [-0.2, -0.15) is 0 Å². The molecule has 2 aromatic heterocycles. The summed E-state index contributed by atoms with van der Waals surface area (Å²) in [5, 5.41) is 4.47. The number of carbonyl (C=O) groups excluding carboxylic acids is 1. The molecule has 194 valence electrons. The van der Waals surface area contributed by atoms with Gasteiger partial charge in [0, 0.05) is 30.2 Å². The minimum Gasteiger partial charge on any atom is -0.467 e. The maximum atomic E-state index is 12.3. The summed E-state index contributed by atoms with van der Waals surface area (Å²) in [5.41, 5.74) is 9.83. The van der Waals surface area contributed by atoms with Gasteiger partial charge in [-0.15, -0.1) is 0 Å². The van der Waals surface area contributed by atoms with E-state index in [-0.39, 0.29) is 11.7 Å². The van der Waals surface area contributed by atoms with Crippen molar-refractivity contribution in [2.45, 2.75) is 57.9 Å². The molecular weight excluding hydrogens is 476 g/mol. The first-order valence-electron chi connectivity index (χ1n) is 13.1. The van der Waals surface area contributed by atoms with E-state index in [0.29, 0.717) is 25.2 Å². The van der Waals surface area contributed by atoms with Crippen LogP contribution in [-0.4, -0.2) is 49.0 Å². The van der Waals surface area contributed by atoms with Gasteiger partial charge in [0.15, 0.2) is 0 Å². The van der Waals surface area contributed by atoms with Gasteiger partial charge in [-0.3, -0.25) is 4.79 Å². The fourth-order valence-corrected chi connectivity index (χ4v) is 6.95. The fourth-order valence-electron chi connectivity index (χ4n) is 5.82. The number of sulfonamides is 1. The van der Waals surface area contributed by atoms with Crippen LogP contribution >= 0.6 is 0 Å². The zero-order valence-electron chi connectivity index (χ0n) is 20.9. The molecule has 8 nitrogen and oxygen atoms in total. The molecule has 0 bridgehead atoms.